The molecule has 2 aromatic heterocycles. The highest BCUT2D eigenvalue weighted by Crippen LogP contribution is 2.44. The van der Waals surface area contributed by atoms with Gasteiger partial charge in [0.1, 0.15) is 5.54 Å². The van der Waals surface area contributed by atoms with Gasteiger partial charge in [0.2, 0.25) is 11.9 Å². The molecule has 4 heterocycles. The summed E-state index contributed by atoms with van der Waals surface area (Å²) in [6, 6.07) is 10.00. The summed E-state index contributed by atoms with van der Waals surface area (Å²) in [5.41, 5.74) is 7.25. The molecule has 0 amide bonds. The number of piperidine rings is 1. The van der Waals surface area contributed by atoms with Gasteiger partial charge in [-0.3, -0.25) is 4.31 Å². The van der Waals surface area contributed by atoms with Crippen molar-refractivity contribution in [2.24, 2.45) is 10.7 Å². The van der Waals surface area contributed by atoms with Crippen LogP contribution in [0.5, 0.6) is 0 Å². The highest BCUT2D eigenvalue weighted by atomic mass is 35.5. The molecule has 2 atom stereocenters. The normalized spacial score (nSPS) is 25.4. The molecule has 3 aromatic rings. The van der Waals surface area contributed by atoms with Crippen molar-refractivity contribution in [1.82, 2.24) is 14.5 Å². The molecule has 11 heteroatoms. The van der Waals surface area contributed by atoms with Crippen molar-refractivity contribution in [3.63, 3.8) is 0 Å². The fraction of sp³-hybridized carbons (Fsp3) is 0.391. The first-order valence-corrected chi connectivity index (χ1v) is 14.1. The molecule has 180 valence electrons. The highest BCUT2D eigenvalue weighted by molar-refractivity contribution is 7.98. The van der Waals surface area contributed by atoms with E-state index in [0.29, 0.717) is 21.7 Å². The zero-order chi connectivity index (χ0) is 24.1. The van der Waals surface area contributed by atoms with Crippen molar-refractivity contribution in [2.45, 2.75) is 31.7 Å². The van der Waals surface area contributed by atoms with Crippen LogP contribution in [0, 0.1) is 0 Å². The van der Waals surface area contributed by atoms with E-state index in [-0.39, 0.29) is 11.7 Å². The van der Waals surface area contributed by atoms with Crippen LogP contribution < -0.4 is 10.6 Å². The number of anilines is 1. The Morgan fingerprint density at radius 3 is 2.53 bits per heavy atom. The first kappa shape index (κ1) is 23.2. The van der Waals surface area contributed by atoms with Gasteiger partial charge in [-0.05, 0) is 62.4 Å². The lowest BCUT2D eigenvalue weighted by atomic mass is 10.0. The Morgan fingerprint density at radius 2 is 1.85 bits per heavy atom. The minimum atomic E-state index is -2.61. The second kappa shape index (κ2) is 8.58. The zero-order valence-electron chi connectivity index (χ0n) is 19.2. The second-order valence-electron chi connectivity index (χ2n) is 8.95. The summed E-state index contributed by atoms with van der Waals surface area (Å²) in [7, 11) is -0.978. The summed E-state index contributed by atoms with van der Waals surface area (Å²) in [5.74, 6) is 5.05. The van der Waals surface area contributed by atoms with Crippen LogP contribution >= 0.6 is 22.9 Å². The summed E-state index contributed by atoms with van der Waals surface area (Å²) in [4.78, 5) is 8.45. The molecule has 2 aliphatic heterocycles. The van der Waals surface area contributed by atoms with Crippen molar-refractivity contribution in [3.05, 3.63) is 40.2 Å². The lowest BCUT2D eigenvalue weighted by Gasteiger charge is -2.36. The molecule has 5 rings (SSSR count). The fourth-order valence-corrected chi connectivity index (χ4v) is 7.73. The summed E-state index contributed by atoms with van der Waals surface area (Å²) < 4.78 is 20.4. The van der Waals surface area contributed by atoms with E-state index >= 15 is 0 Å². The van der Waals surface area contributed by atoms with Gasteiger partial charge in [-0.1, -0.05) is 11.6 Å². The Morgan fingerprint density at radius 1 is 1.18 bits per heavy atom. The number of nitrogens with two attached hydrogens (primary N) is 1. The van der Waals surface area contributed by atoms with Crippen LogP contribution in [0.1, 0.15) is 31.1 Å². The Hall–Kier alpha value is -2.56. The smallest absolute Gasteiger partial charge is 0.258 e. The van der Waals surface area contributed by atoms with Gasteiger partial charge in [0.25, 0.3) is 5.89 Å². The molecule has 0 aliphatic carbocycles. The Bertz CT molecular complexity index is 1340. The van der Waals surface area contributed by atoms with E-state index in [2.05, 4.69) is 38.1 Å². The summed E-state index contributed by atoms with van der Waals surface area (Å²) >= 11 is 7.97. The van der Waals surface area contributed by atoms with E-state index < -0.39 is 15.2 Å². The minimum Gasteiger partial charge on any atom is -0.415 e. The summed E-state index contributed by atoms with van der Waals surface area (Å²) in [5, 5.41) is 8.97. The average Bonchev–Trinajstić information content (AvgIpc) is 3.45. The average molecular weight is 519 g/mol. The first-order chi connectivity index (χ1) is 16.2. The van der Waals surface area contributed by atoms with E-state index in [1.165, 1.54) is 40.6 Å². The third-order valence-corrected chi connectivity index (χ3v) is 10.3. The lowest BCUT2D eigenvalue weighted by molar-refractivity contribution is 0.522. The molecule has 0 saturated carbocycles. The molecule has 8 nitrogen and oxygen atoms in total. The topological polar surface area (TPSA) is 101 Å². The SMILES string of the molecule is C=S1(=O)C[C@@](C)(c2sc(-c3nnc(-c4ccc(N5CCCCC5)cc4)o3)cc2Cl)N=C(N)N1C. The van der Waals surface area contributed by atoms with Gasteiger partial charge in [0.15, 0.2) is 0 Å². The van der Waals surface area contributed by atoms with Gasteiger partial charge in [0.05, 0.1) is 30.2 Å². The van der Waals surface area contributed by atoms with E-state index in [9.17, 15) is 4.21 Å². The Balaban J connectivity index is 1.41. The van der Waals surface area contributed by atoms with Crippen molar-refractivity contribution in [1.29, 1.82) is 0 Å². The molecule has 1 saturated heterocycles. The van der Waals surface area contributed by atoms with Crippen LogP contribution in [-0.2, 0) is 15.2 Å². The number of aliphatic imine (C=N–C) groups is 1. The van der Waals surface area contributed by atoms with Gasteiger partial charge in [0, 0.05) is 31.4 Å². The number of nitrogens with zero attached hydrogens (tertiary/aromatic N) is 5. The van der Waals surface area contributed by atoms with Gasteiger partial charge in [-0.2, -0.15) is 0 Å². The predicted molar refractivity (Wildman–Crippen MR) is 141 cm³/mol. The van der Waals surface area contributed by atoms with Gasteiger partial charge >= 0.3 is 0 Å². The molecule has 1 fully saturated rings. The van der Waals surface area contributed by atoms with E-state index in [1.807, 2.05) is 19.1 Å². The molecule has 2 aliphatic rings. The van der Waals surface area contributed by atoms with Crippen LogP contribution in [0.15, 0.2) is 39.7 Å². The molecular formula is C23H27ClN6O2S2. The maximum Gasteiger partial charge on any atom is 0.258 e. The number of hydrogen-bond donors (Lipinski definition) is 1. The molecule has 34 heavy (non-hydrogen) atoms. The third kappa shape index (κ3) is 4.18. The maximum atomic E-state index is 13.0. The second-order valence-corrected chi connectivity index (χ2v) is 12.8. The number of aromatic nitrogens is 2. The van der Waals surface area contributed by atoms with E-state index in [1.54, 1.807) is 13.1 Å². The fourth-order valence-electron chi connectivity index (χ4n) is 4.43. The molecule has 2 N–H and O–H groups in total. The van der Waals surface area contributed by atoms with Gasteiger partial charge in [-0.15, -0.1) is 21.5 Å². The lowest BCUT2D eigenvalue weighted by Crippen LogP contribution is -2.50. The quantitative estimate of drug-likeness (QED) is 0.519. The van der Waals surface area contributed by atoms with E-state index in [4.69, 9.17) is 21.8 Å². The van der Waals surface area contributed by atoms with Gasteiger partial charge in [-0.25, -0.2) is 9.20 Å². The summed E-state index contributed by atoms with van der Waals surface area (Å²) in [6.45, 7) is 4.06. The number of guanidine groups is 1. The zero-order valence-corrected chi connectivity index (χ0v) is 21.5. The predicted octanol–water partition coefficient (Wildman–Crippen LogP) is 4.22. The van der Waals surface area contributed by atoms with Crippen LogP contribution in [0.3, 0.4) is 0 Å². The van der Waals surface area contributed by atoms with Crippen LogP contribution in [-0.4, -0.2) is 56.4 Å². The number of hydrogen-bond acceptors (Lipinski definition) is 8. The molecule has 1 aromatic carbocycles. The number of rotatable bonds is 4. The van der Waals surface area contributed by atoms with Crippen LogP contribution in [0.4, 0.5) is 5.69 Å². The first-order valence-electron chi connectivity index (χ1n) is 11.1. The molecule has 0 bridgehead atoms. The third-order valence-electron chi connectivity index (χ3n) is 6.34. The van der Waals surface area contributed by atoms with Crippen LogP contribution in [0.2, 0.25) is 5.02 Å². The molecule has 0 radical (unpaired) electrons. The minimum absolute atomic E-state index is 0.174. The molecule has 1 unspecified atom stereocenters. The van der Waals surface area contributed by atoms with Crippen molar-refractivity contribution >= 4 is 50.2 Å². The number of thiophene rings is 1. The Labute approximate surface area is 208 Å². The van der Waals surface area contributed by atoms with Gasteiger partial charge < -0.3 is 15.1 Å². The van der Waals surface area contributed by atoms with Crippen LogP contribution in [0.25, 0.3) is 22.2 Å². The monoisotopic (exact) mass is 518 g/mol. The van der Waals surface area contributed by atoms with Crippen molar-refractivity contribution in [3.8, 4) is 22.2 Å². The Kier molecular flexibility index (Phi) is 5.86. The standard InChI is InChI=1S/C23H27ClN6O2S2/c1-23(14-34(3,31)29(2)22(25)26-23)19-17(24)13-18(33-19)21-28-27-20(32-21)15-7-9-16(10-8-15)30-11-5-4-6-12-30/h7-10,13H,3-6,11-12,14H2,1-2H3,(H2,25,26)/t23-,34?/m0/s1. The number of halogens is 1. The highest BCUT2D eigenvalue weighted by Gasteiger charge is 2.40. The maximum absolute atomic E-state index is 13.0. The molecular weight excluding hydrogens is 492 g/mol. The van der Waals surface area contributed by atoms with E-state index in [0.717, 1.165) is 23.5 Å². The van der Waals surface area contributed by atoms with Crippen molar-refractivity contribution in [2.75, 3.05) is 30.8 Å². The summed E-state index contributed by atoms with van der Waals surface area (Å²) in [6.07, 6.45) is 3.78. The largest absolute Gasteiger partial charge is 0.415 e. The van der Waals surface area contributed by atoms with Crippen molar-refractivity contribution < 1.29 is 8.63 Å². The number of benzene rings is 1. The molecule has 0 spiro atoms.